The molecule has 164 valence electrons. The van der Waals surface area contributed by atoms with Crippen LogP contribution >= 0.6 is 0 Å². The van der Waals surface area contributed by atoms with Gasteiger partial charge < -0.3 is 14.9 Å². The number of fused-ring (bicyclic) bond motifs is 1. The van der Waals surface area contributed by atoms with Crippen LogP contribution in [0.3, 0.4) is 0 Å². The Morgan fingerprint density at radius 2 is 1.72 bits per heavy atom. The van der Waals surface area contributed by atoms with E-state index in [-0.39, 0.29) is 24.1 Å². The predicted octanol–water partition coefficient (Wildman–Crippen LogP) is 5.10. The van der Waals surface area contributed by atoms with Gasteiger partial charge in [-0.1, -0.05) is 48.0 Å². The molecule has 1 atom stereocenters. The van der Waals surface area contributed by atoms with Gasteiger partial charge in [0.2, 0.25) is 0 Å². The van der Waals surface area contributed by atoms with Crippen LogP contribution in [0.25, 0.3) is 10.9 Å². The van der Waals surface area contributed by atoms with E-state index >= 15 is 0 Å². The number of nitrogens with one attached hydrogen (secondary N) is 2. The molecule has 0 aliphatic rings. The third kappa shape index (κ3) is 3.86. The van der Waals surface area contributed by atoms with Crippen LogP contribution in [0.1, 0.15) is 57.0 Å². The number of aromatic nitrogens is 2. The van der Waals surface area contributed by atoms with Gasteiger partial charge in [-0.25, -0.2) is 0 Å². The zero-order valence-electron chi connectivity index (χ0n) is 19.2. The molecule has 5 nitrogen and oxygen atoms in total. The molecule has 0 spiro atoms. The van der Waals surface area contributed by atoms with Gasteiger partial charge >= 0.3 is 0 Å². The molecule has 0 saturated carbocycles. The van der Waals surface area contributed by atoms with Gasteiger partial charge in [0.1, 0.15) is 0 Å². The second-order valence-corrected chi connectivity index (χ2v) is 8.56. The highest BCUT2D eigenvalue weighted by atomic mass is 16.2. The maximum Gasteiger partial charge on any atom is 0.254 e. The Morgan fingerprint density at radius 1 is 1.03 bits per heavy atom. The second-order valence-electron chi connectivity index (χ2n) is 8.56. The maximum absolute atomic E-state index is 13.3. The number of nitrogens with zero attached hydrogens (tertiary/aromatic N) is 1. The Morgan fingerprint density at radius 3 is 2.41 bits per heavy atom. The van der Waals surface area contributed by atoms with E-state index in [0.29, 0.717) is 11.1 Å². The summed E-state index contributed by atoms with van der Waals surface area (Å²) in [5.41, 5.74) is 7.10. The summed E-state index contributed by atoms with van der Waals surface area (Å²) in [5.74, 6) is -0.173. The molecule has 2 heterocycles. The van der Waals surface area contributed by atoms with Crippen LogP contribution in [-0.2, 0) is 6.54 Å². The molecule has 5 heteroatoms. The van der Waals surface area contributed by atoms with Gasteiger partial charge in [0.25, 0.3) is 11.5 Å². The summed E-state index contributed by atoms with van der Waals surface area (Å²) >= 11 is 0. The molecule has 1 amide bonds. The van der Waals surface area contributed by atoms with Crippen molar-refractivity contribution in [2.75, 3.05) is 0 Å². The summed E-state index contributed by atoms with van der Waals surface area (Å²) in [5, 5.41) is 3.89. The molecule has 0 fully saturated rings. The Hall–Kier alpha value is -3.60. The molecule has 2 aromatic carbocycles. The topological polar surface area (TPSA) is 66.9 Å². The van der Waals surface area contributed by atoms with Crippen LogP contribution < -0.4 is 10.9 Å². The van der Waals surface area contributed by atoms with Gasteiger partial charge in [0.05, 0.1) is 11.6 Å². The standard InChI is InChI=1S/C27H29N3O2/c1-16-10-12-21(13-11-16)19(4)30-20(5)25(22-8-6-7-9-24(22)30)27(32)28-15-23-17(2)14-18(3)29-26(23)31/h6-14,19H,15H2,1-5H3,(H,28,32)(H,29,31). The molecule has 0 bridgehead atoms. The van der Waals surface area contributed by atoms with Crippen LogP contribution in [0, 0.1) is 27.7 Å². The fourth-order valence-electron chi connectivity index (χ4n) is 4.53. The van der Waals surface area contributed by atoms with Gasteiger partial charge in [-0.05, 0) is 57.9 Å². The summed E-state index contributed by atoms with van der Waals surface area (Å²) in [6, 6.07) is 18.5. The summed E-state index contributed by atoms with van der Waals surface area (Å²) in [6.07, 6.45) is 0. The van der Waals surface area contributed by atoms with Gasteiger partial charge in [-0.3, -0.25) is 9.59 Å². The normalized spacial score (nSPS) is 12.2. The van der Waals surface area contributed by atoms with Crippen LogP contribution in [-0.4, -0.2) is 15.5 Å². The zero-order valence-corrected chi connectivity index (χ0v) is 19.2. The predicted molar refractivity (Wildman–Crippen MR) is 129 cm³/mol. The molecular formula is C27H29N3O2. The maximum atomic E-state index is 13.3. The Bertz CT molecular complexity index is 1360. The minimum absolute atomic E-state index is 0.0734. The number of hydrogen-bond donors (Lipinski definition) is 2. The Balaban J connectivity index is 1.72. The molecule has 0 radical (unpaired) electrons. The van der Waals surface area contributed by atoms with Crippen molar-refractivity contribution >= 4 is 16.8 Å². The van der Waals surface area contributed by atoms with E-state index < -0.39 is 0 Å². The molecule has 0 aliphatic carbocycles. The van der Waals surface area contributed by atoms with E-state index in [0.717, 1.165) is 27.9 Å². The first kappa shape index (κ1) is 21.6. The lowest BCUT2D eigenvalue weighted by molar-refractivity contribution is 0.0951. The van der Waals surface area contributed by atoms with E-state index in [1.807, 2.05) is 45.0 Å². The number of hydrogen-bond acceptors (Lipinski definition) is 2. The number of carbonyl (C=O) groups is 1. The molecule has 4 aromatic rings. The Kier molecular flexibility index (Phi) is 5.74. The minimum Gasteiger partial charge on any atom is -0.348 e. The quantitative estimate of drug-likeness (QED) is 0.465. The number of pyridine rings is 1. The first-order valence-electron chi connectivity index (χ1n) is 10.9. The summed E-state index contributed by atoms with van der Waals surface area (Å²) in [7, 11) is 0. The number of H-pyrrole nitrogens is 1. The highest BCUT2D eigenvalue weighted by Crippen LogP contribution is 2.32. The molecule has 2 aromatic heterocycles. The van der Waals surface area contributed by atoms with E-state index in [2.05, 4.69) is 59.0 Å². The average molecular weight is 428 g/mol. The lowest BCUT2D eigenvalue weighted by Gasteiger charge is -2.18. The van der Waals surface area contributed by atoms with Gasteiger partial charge in [-0.2, -0.15) is 0 Å². The van der Waals surface area contributed by atoms with E-state index in [9.17, 15) is 9.59 Å². The number of amides is 1. The third-order valence-corrected chi connectivity index (χ3v) is 6.25. The van der Waals surface area contributed by atoms with Crippen molar-refractivity contribution in [2.24, 2.45) is 0 Å². The first-order valence-corrected chi connectivity index (χ1v) is 10.9. The molecule has 1 unspecified atom stereocenters. The molecule has 0 aliphatic heterocycles. The first-order chi connectivity index (χ1) is 15.3. The largest absolute Gasteiger partial charge is 0.348 e. The number of aromatic amines is 1. The van der Waals surface area contributed by atoms with Crippen molar-refractivity contribution in [1.82, 2.24) is 14.9 Å². The molecule has 32 heavy (non-hydrogen) atoms. The lowest BCUT2D eigenvalue weighted by atomic mass is 10.1. The molecular weight excluding hydrogens is 398 g/mol. The van der Waals surface area contributed by atoms with Gasteiger partial charge in [0, 0.05) is 34.4 Å². The van der Waals surface area contributed by atoms with Crippen molar-refractivity contribution < 1.29 is 4.79 Å². The van der Waals surface area contributed by atoms with Crippen LogP contribution in [0.5, 0.6) is 0 Å². The highest BCUT2D eigenvalue weighted by Gasteiger charge is 2.23. The lowest BCUT2D eigenvalue weighted by Crippen LogP contribution is -2.28. The summed E-state index contributed by atoms with van der Waals surface area (Å²) < 4.78 is 2.22. The van der Waals surface area contributed by atoms with E-state index in [1.54, 1.807) is 0 Å². The van der Waals surface area contributed by atoms with E-state index in [1.165, 1.54) is 11.1 Å². The van der Waals surface area contributed by atoms with E-state index in [4.69, 9.17) is 0 Å². The van der Waals surface area contributed by atoms with Crippen molar-refractivity contribution in [3.63, 3.8) is 0 Å². The fourth-order valence-corrected chi connectivity index (χ4v) is 4.53. The van der Waals surface area contributed by atoms with Crippen molar-refractivity contribution in [3.8, 4) is 0 Å². The van der Waals surface area contributed by atoms with Gasteiger partial charge in [-0.15, -0.1) is 0 Å². The molecule has 4 rings (SSSR count). The van der Waals surface area contributed by atoms with Crippen LogP contribution in [0.4, 0.5) is 0 Å². The second kappa shape index (κ2) is 8.50. The summed E-state index contributed by atoms with van der Waals surface area (Å²) in [6.45, 7) is 10.2. The van der Waals surface area contributed by atoms with Crippen molar-refractivity contribution in [3.05, 3.63) is 104 Å². The number of para-hydroxylation sites is 1. The van der Waals surface area contributed by atoms with Crippen LogP contribution in [0.15, 0.2) is 59.4 Å². The SMILES string of the molecule is Cc1ccc(C(C)n2c(C)c(C(=O)NCc3c(C)cc(C)[nH]c3=O)c3ccccc32)cc1. The third-order valence-electron chi connectivity index (χ3n) is 6.25. The molecule has 0 saturated heterocycles. The monoisotopic (exact) mass is 427 g/mol. The fraction of sp³-hybridized carbons (Fsp3) is 0.259. The smallest absolute Gasteiger partial charge is 0.254 e. The average Bonchev–Trinajstić information content (AvgIpc) is 3.04. The summed E-state index contributed by atoms with van der Waals surface area (Å²) in [4.78, 5) is 28.5. The van der Waals surface area contributed by atoms with Gasteiger partial charge in [0.15, 0.2) is 0 Å². The highest BCUT2D eigenvalue weighted by molar-refractivity contribution is 6.08. The number of benzene rings is 2. The number of rotatable bonds is 5. The number of carbonyl (C=O) groups excluding carboxylic acids is 1. The number of aryl methyl sites for hydroxylation is 3. The molecule has 2 N–H and O–H groups in total. The van der Waals surface area contributed by atoms with Crippen LogP contribution in [0.2, 0.25) is 0 Å². The van der Waals surface area contributed by atoms with Crippen molar-refractivity contribution in [2.45, 2.75) is 47.2 Å². The Labute approximate surface area is 188 Å². The minimum atomic E-state index is -0.173. The van der Waals surface area contributed by atoms with Crippen molar-refractivity contribution in [1.29, 1.82) is 0 Å². The zero-order chi connectivity index (χ0) is 23.0.